The van der Waals surface area contributed by atoms with Crippen LogP contribution in [-0.2, 0) is 4.79 Å². The highest BCUT2D eigenvalue weighted by molar-refractivity contribution is 5.94. The Labute approximate surface area is 109 Å². The molecule has 0 aromatic heterocycles. The van der Waals surface area contributed by atoms with Crippen LogP contribution < -0.4 is 10.6 Å². The summed E-state index contributed by atoms with van der Waals surface area (Å²) in [6.07, 6.45) is 0. The van der Waals surface area contributed by atoms with Gasteiger partial charge in [0, 0.05) is 11.6 Å². The molecule has 3 heteroatoms. The van der Waals surface area contributed by atoms with E-state index in [4.69, 9.17) is 0 Å². The number of benzene rings is 1. The largest absolute Gasteiger partial charge is 0.325 e. The second kappa shape index (κ2) is 5.11. The average molecular weight is 246 g/mol. The maximum Gasteiger partial charge on any atom is 0.227 e. The molecular formula is C15H22N2O. The van der Waals surface area contributed by atoms with Gasteiger partial charge in [-0.2, -0.15) is 0 Å². The Morgan fingerprint density at radius 3 is 2.28 bits per heavy atom. The maximum absolute atomic E-state index is 12.2. The Morgan fingerprint density at radius 2 is 1.83 bits per heavy atom. The van der Waals surface area contributed by atoms with Crippen molar-refractivity contribution in [3.63, 3.8) is 0 Å². The maximum atomic E-state index is 12.2. The molecule has 2 rings (SSSR count). The summed E-state index contributed by atoms with van der Waals surface area (Å²) in [6, 6.07) is 4.22. The Kier molecular flexibility index (Phi) is 3.71. The lowest BCUT2D eigenvalue weighted by Gasteiger charge is -2.32. The number of hydrogen-bond donors (Lipinski definition) is 2. The van der Waals surface area contributed by atoms with Crippen molar-refractivity contribution in [2.45, 2.75) is 27.7 Å². The molecule has 2 N–H and O–H groups in total. The van der Waals surface area contributed by atoms with Gasteiger partial charge >= 0.3 is 0 Å². The van der Waals surface area contributed by atoms with Gasteiger partial charge in [-0.15, -0.1) is 0 Å². The van der Waals surface area contributed by atoms with Gasteiger partial charge in [-0.25, -0.2) is 0 Å². The first kappa shape index (κ1) is 13.1. The number of carbonyl (C=O) groups excluding carboxylic acids is 1. The van der Waals surface area contributed by atoms with Gasteiger partial charge in [0.2, 0.25) is 5.91 Å². The van der Waals surface area contributed by atoms with E-state index in [-0.39, 0.29) is 11.8 Å². The number of aryl methyl sites for hydroxylation is 3. The molecule has 0 radical (unpaired) electrons. The molecule has 1 fully saturated rings. The van der Waals surface area contributed by atoms with Gasteiger partial charge in [-0.05, 0) is 50.9 Å². The van der Waals surface area contributed by atoms with E-state index in [9.17, 15) is 4.79 Å². The Morgan fingerprint density at radius 1 is 1.28 bits per heavy atom. The molecule has 0 aliphatic carbocycles. The van der Waals surface area contributed by atoms with Gasteiger partial charge in [0.1, 0.15) is 0 Å². The molecule has 1 saturated heterocycles. The molecule has 98 valence electrons. The van der Waals surface area contributed by atoms with Crippen molar-refractivity contribution >= 4 is 11.6 Å². The summed E-state index contributed by atoms with van der Waals surface area (Å²) in [4.78, 5) is 12.2. The van der Waals surface area contributed by atoms with Gasteiger partial charge in [0.15, 0.2) is 0 Å². The predicted molar refractivity (Wildman–Crippen MR) is 74.8 cm³/mol. The normalized spacial score (nSPS) is 17.1. The minimum absolute atomic E-state index is 0.0753. The highest BCUT2D eigenvalue weighted by atomic mass is 16.1. The lowest BCUT2D eigenvalue weighted by Crippen LogP contribution is -2.48. The van der Waals surface area contributed by atoms with E-state index >= 15 is 0 Å². The molecule has 3 nitrogen and oxygen atoms in total. The first-order valence-corrected chi connectivity index (χ1v) is 6.58. The number of carbonyl (C=O) groups is 1. The Balaban J connectivity index is 2.11. The van der Waals surface area contributed by atoms with E-state index in [1.54, 1.807) is 0 Å². The van der Waals surface area contributed by atoms with Gasteiger partial charge in [0.05, 0.1) is 0 Å². The molecule has 18 heavy (non-hydrogen) atoms. The SMILES string of the molecule is Cc1cc(C)c(NC(=O)C(C)C2CNC2)c(C)c1. The lowest BCUT2D eigenvalue weighted by atomic mass is 9.88. The number of rotatable bonds is 3. The minimum atomic E-state index is 0.0753. The van der Waals surface area contributed by atoms with Crippen LogP contribution in [0.5, 0.6) is 0 Å². The van der Waals surface area contributed by atoms with Crippen molar-refractivity contribution in [1.82, 2.24) is 5.32 Å². The molecule has 0 spiro atoms. The summed E-state index contributed by atoms with van der Waals surface area (Å²) >= 11 is 0. The van der Waals surface area contributed by atoms with Crippen LogP contribution in [0.3, 0.4) is 0 Å². The topological polar surface area (TPSA) is 41.1 Å². The van der Waals surface area contributed by atoms with Crippen LogP contribution in [-0.4, -0.2) is 19.0 Å². The van der Waals surface area contributed by atoms with Crippen LogP contribution >= 0.6 is 0 Å². The first-order chi connectivity index (χ1) is 8.49. The smallest absolute Gasteiger partial charge is 0.227 e. The van der Waals surface area contributed by atoms with Crippen LogP contribution in [0, 0.1) is 32.6 Å². The summed E-state index contributed by atoms with van der Waals surface area (Å²) in [5.74, 6) is 0.693. The summed E-state index contributed by atoms with van der Waals surface area (Å²) in [7, 11) is 0. The van der Waals surface area contributed by atoms with Gasteiger partial charge in [-0.3, -0.25) is 4.79 Å². The van der Waals surface area contributed by atoms with Crippen LogP contribution in [0.1, 0.15) is 23.6 Å². The number of hydrogen-bond acceptors (Lipinski definition) is 2. The number of amides is 1. The second-order valence-corrected chi connectivity index (χ2v) is 5.47. The summed E-state index contributed by atoms with van der Waals surface area (Å²) in [5, 5.41) is 6.30. The summed E-state index contributed by atoms with van der Waals surface area (Å²) in [6.45, 7) is 10.1. The van der Waals surface area contributed by atoms with Crippen molar-refractivity contribution in [3.8, 4) is 0 Å². The third-order valence-electron chi connectivity index (χ3n) is 3.86. The van der Waals surface area contributed by atoms with Crippen LogP contribution in [0.15, 0.2) is 12.1 Å². The molecule has 1 aliphatic heterocycles. The molecule has 1 atom stereocenters. The predicted octanol–water partition coefficient (Wildman–Crippen LogP) is 2.41. The van der Waals surface area contributed by atoms with Crippen LogP contribution in [0.25, 0.3) is 0 Å². The van der Waals surface area contributed by atoms with E-state index < -0.39 is 0 Å². The minimum Gasteiger partial charge on any atom is -0.325 e. The van der Waals surface area contributed by atoms with E-state index in [0.717, 1.165) is 29.9 Å². The lowest BCUT2D eigenvalue weighted by molar-refractivity contribution is -0.121. The third kappa shape index (κ3) is 2.56. The fourth-order valence-corrected chi connectivity index (χ4v) is 2.49. The molecule has 1 aromatic carbocycles. The van der Waals surface area contributed by atoms with E-state index in [1.165, 1.54) is 5.56 Å². The Hall–Kier alpha value is -1.35. The van der Waals surface area contributed by atoms with Crippen molar-refractivity contribution in [2.24, 2.45) is 11.8 Å². The standard InChI is InChI=1S/C15H22N2O/c1-9-5-10(2)14(11(3)6-9)17-15(18)12(4)13-7-16-8-13/h5-6,12-13,16H,7-8H2,1-4H3,(H,17,18). The molecule has 1 aromatic rings. The second-order valence-electron chi connectivity index (χ2n) is 5.47. The summed E-state index contributed by atoms with van der Waals surface area (Å²) in [5.41, 5.74) is 4.49. The van der Waals surface area contributed by atoms with Gasteiger partial charge < -0.3 is 10.6 Å². The fraction of sp³-hybridized carbons (Fsp3) is 0.533. The van der Waals surface area contributed by atoms with E-state index in [2.05, 4.69) is 29.7 Å². The van der Waals surface area contributed by atoms with Crippen LogP contribution in [0.4, 0.5) is 5.69 Å². The molecule has 1 heterocycles. The van der Waals surface area contributed by atoms with Crippen molar-refractivity contribution in [2.75, 3.05) is 18.4 Å². The first-order valence-electron chi connectivity index (χ1n) is 6.58. The summed E-state index contributed by atoms with van der Waals surface area (Å²) < 4.78 is 0. The molecular weight excluding hydrogens is 224 g/mol. The van der Waals surface area contributed by atoms with Crippen LogP contribution in [0.2, 0.25) is 0 Å². The molecule has 1 amide bonds. The van der Waals surface area contributed by atoms with Gasteiger partial charge in [-0.1, -0.05) is 24.6 Å². The quantitative estimate of drug-likeness (QED) is 0.860. The number of anilines is 1. The average Bonchev–Trinajstić information content (AvgIpc) is 2.20. The third-order valence-corrected chi connectivity index (χ3v) is 3.86. The monoisotopic (exact) mass is 246 g/mol. The zero-order valence-electron chi connectivity index (χ0n) is 11.6. The van der Waals surface area contributed by atoms with Crippen molar-refractivity contribution in [1.29, 1.82) is 0 Å². The fourth-order valence-electron chi connectivity index (χ4n) is 2.49. The molecule has 0 bridgehead atoms. The molecule has 0 saturated carbocycles. The number of nitrogens with one attached hydrogen (secondary N) is 2. The van der Waals surface area contributed by atoms with Crippen molar-refractivity contribution < 1.29 is 4.79 Å². The zero-order valence-corrected chi connectivity index (χ0v) is 11.6. The van der Waals surface area contributed by atoms with Gasteiger partial charge in [0.25, 0.3) is 0 Å². The molecule has 1 unspecified atom stereocenters. The highest BCUT2D eigenvalue weighted by Gasteiger charge is 2.29. The Bertz CT molecular complexity index is 441. The van der Waals surface area contributed by atoms with E-state index in [1.807, 2.05) is 20.8 Å². The highest BCUT2D eigenvalue weighted by Crippen LogP contribution is 2.24. The van der Waals surface area contributed by atoms with E-state index in [0.29, 0.717) is 5.92 Å². The zero-order chi connectivity index (χ0) is 13.3. The van der Waals surface area contributed by atoms with Crippen molar-refractivity contribution in [3.05, 3.63) is 28.8 Å². The molecule has 1 aliphatic rings.